The van der Waals surface area contributed by atoms with Crippen molar-refractivity contribution in [2.24, 2.45) is 0 Å². The van der Waals surface area contributed by atoms with Crippen LogP contribution in [0.5, 0.6) is 0 Å². The number of fused-ring (bicyclic) bond motifs is 1. The summed E-state index contributed by atoms with van der Waals surface area (Å²) in [4.78, 5) is 11.0. The highest BCUT2D eigenvalue weighted by molar-refractivity contribution is 7.71. The molecule has 0 aliphatic carbocycles. The minimum atomic E-state index is 0.615. The van der Waals surface area contributed by atoms with Gasteiger partial charge in [0.1, 0.15) is 5.01 Å². The standard InChI is InChI=1S/C20H22N6S2/c1-3-12-25-19(15-8-10-21-11-9-15)23-26(20(25)27)14-24(2)13-18-22-16-6-4-5-7-17(16)28-18/h4-11H,3,12-14H2,1-2H3. The van der Waals surface area contributed by atoms with Crippen LogP contribution >= 0.6 is 23.6 Å². The minimum Gasteiger partial charge on any atom is -0.300 e. The van der Waals surface area contributed by atoms with E-state index in [0.29, 0.717) is 6.67 Å². The van der Waals surface area contributed by atoms with E-state index < -0.39 is 0 Å². The molecule has 0 radical (unpaired) electrons. The van der Waals surface area contributed by atoms with Crippen LogP contribution in [0.25, 0.3) is 21.6 Å². The SMILES string of the molecule is CCCn1c(-c2ccncc2)nn(CN(C)Cc2nc3ccccc3s2)c1=S. The third-order valence-electron chi connectivity index (χ3n) is 4.43. The molecule has 0 atom stereocenters. The summed E-state index contributed by atoms with van der Waals surface area (Å²) in [7, 11) is 2.07. The van der Waals surface area contributed by atoms with E-state index >= 15 is 0 Å². The van der Waals surface area contributed by atoms with Crippen LogP contribution in [-0.2, 0) is 19.8 Å². The molecule has 0 bridgehead atoms. The van der Waals surface area contributed by atoms with E-state index in [0.717, 1.165) is 46.2 Å². The molecule has 0 N–H and O–H groups in total. The van der Waals surface area contributed by atoms with E-state index in [2.05, 4.69) is 40.6 Å². The molecule has 0 amide bonds. The Morgan fingerprint density at radius 2 is 1.93 bits per heavy atom. The number of rotatable bonds is 7. The first-order chi connectivity index (χ1) is 13.7. The Kier molecular flexibility index (Phi) is 5.61. The van der Waals surface area contributed by atoms with Gasteiger partial charge in [-0.2, -0.15) is 5.10 Å². The molecule has 0 saturated carbocycles. The normalized spacial score (nSPS) is 11.5. The Labute approximate surface area is 173 Å². The lowest BCUT2D eigenvalue weighted by Gasteiger charge is -2.14. The molecular weight excluding hydrogens is 388 g/mol. The average Bonchev–Trinajstić information content (AvgIpc) is 3.24. The van der Waals surface area contributed by atoms with Gasteiger partial charge in [0, 0.05) is 24.5 Å². The molecule has 3 heterocycles. The van der Waals surface area contributed by atoms with Crippen molar-refractivity contribution in [2.75, 3.05) is 7.05 Å². The molecule has 1 aromatic carbocycles. The van der Waals surface area contributed by atoms with Crippen molar-refractivity contribution in [1.82, 2.24) is 29.2 Å². The maximum absolute atomic E-state index is 5.72. The Hall–Kier alpha value is -2.42. The van der Waals surface area contributed by atoms with Crippen LogP contribution in [0.4, 0.5) is 0 Å². The number of benzene rings is 1. The number of pyridine rings is 1. The summed E-state index contributed by atoms with van der Waals surface area (Å²) in [6, 6.07) is 12.2. The van der Waals surface area contributed by atoms with E-state index in [1.165, 1.54) is 4.70 Å². The zero-order valence-electron chi connectivity index (χ0n) is 15.9. The van der Waals surface area contributed by atoms with Gasteiger partial charge in [0.25, 0.3) is 0 Å². The largest absolute Gasteiger partial charge is 0.300 e. The average molecular weight is 411 g/mol. The molecule has 4 rings (SSSR count). The molecule has 28 heavy (non-hydrogen) atoms. The quantitative estimate of drug-likeness (QED) is 0.417. The number of para-hydroxylation sites is 1. The second-order valence-electron chi connectivity index (χ2n) is 6.72. The molecule has 0 fully saturated rings. The molecule has 0 aliphatic rings. The van der Waals surface area contributed by atoms with Gasteiger partial charge in [-0.25, -0.2) is 9.67 Å². The van der Waals surface area contributed by atoms with Crippen molar-refractivity contribution >= 4 is 33.8 Å². The van der Waals surface area contributed by atoms with Crippen molar-refractivity contribution in [3.63, 3.8) is 0 Å². The zero-order valence-corrected chi connectivity index (χ0v) is 17.6. The molecular formula is C20H22N6S2. The predicted molar refractivity (Wildman–Crippen MR) is 116 cm³/mol. The molecule has 0 spiro atoms. The summed E-state index contributed by atoms with van der Waals surface area (Å²) in [6.07, 6.45) is 4.57. The highest BCUT2D eigenvalue weighted by atomic mass is 32.1. The summed E-state index contributed by atoms with van der Waals surface area (Å²) in [5, 5.41) is 5.91. The number of hydrogen-bond acceptors (Lipinski definition) is 6. The zero-order chi connectivity index (χ0) is 19.5. The third-order valence-corrected chi connectivity index (χ3v) is 5.88. The van der Waals surface area contributed by atoms with Crippen LogP contribution in [0.15, 0.2) is 48.8 Å². The van der Waals surface area contributed by atoms with Crippen molar-refractivity contribution in [3.8, 4) is 11.4 Å². The topological polar surface area (TPSA) is 51.8 Å². The second-order valence-corrected chi connectivity index (χ2v) is 8.20. The first-order valence-electron chi connectivity index (χ1n) is 9.26. The van der Waals surface area contributed by atoms with Gasteiger partial charge in [0.15, 0.2) is 10.6 Å². The molecule has 6 nitrogen and oxygen atoms in total. The summed E-state index contributed by atoms with van der Waals surface area (Å²) >= 11 is 7.45. The molecule has 0 unspecified atom stereocenters. The van der Waals surface area contributed by atoms with Gasteiger partial charge in [-0.15, -0.1) is 11.3 Å². The van der Waals surface area contributed by atoms with E-state index in [1.54, 1.807) is 23.7 Å². The van der Waals surface area contributed by atoms with Gasteiger partial charge >= 0.3 is 0 Å². The van der Waals surface area contributed by atoms with Gasteiger partial charge in [0.2, 0.25) is 0 Å². The van der Waals surface area contributed by atoms with E-state index in [-0.39, 0.29) is 0 Å². The summed E-state index contributed by atoms with van der Waals surface area (Å²) in [5.74, 6) is 0.891. The monoisotopic (exact) mass is 410 g/mol. The summed E-state index contributed by atoms with van der Waals surface area (Å²) < 4.78 is 5.96. The van der Waals surface area contributed by atoms with E-state index in [9.17, 15) is 0 Å². The Morgan fingerprint density at radius 1 is 1.14 bits per heavy atom. The van der Waals surface area contributed by atoms with Crippen molar-refractivity contribution in [2.45, 2.75) is 33.1 Å². The number of hydrogen-bond donors (Lipinski definition) is 0. The highest BCUT2D eigenvalue weighted by Gasteiger charge is 2.14. The van der Waals surface area contributed by atoms with Gasteiger partial charge in [-0.3, -0.25) is 14.5 Å². The minimum absolute atomic E-state index is 0.615. The fourth-order valence-corrected chi connectivity index (χ4v) is 4.49. The molecule has 4 aromatic rings. The number of nitrogens with zero attached hydrogens (tertiary/aromatic N) is 6. The summed E-state index contributed by atoms with van der Waals surface area (Å²) in [6.45, 7) is 4.36. The molecule has 0 aliphatic heterocycles. The first-order valence-corrected chi connectivity index (χ1v) is 10.5. The van der Waals surface area contributed by atoms with Crippen LogP contribution in [0, 0.1) is 4.77 Å². The third kappa shape index (κ3) is 3.89. The van der Waals surface area contributed by atoms with Crippen LogP contribution < -0.4 is 0 Å². The van der Waals surface area contributed by atoms with E-state index in [4.69, 9.17) is 22.3 Å². The number of aromatic nitrogens is 5. The van der Waals surface area contributed by atoms with Crippen molar-refractivity contribution in [1.29, 1.82) is 0 Å². The predicted octanol–water partition coefficient (Wildman–Crippen LogP) is 4.59. The second kappa shape index (κ2) is 8.30. The Balaban J connectivity index is 1.57. The van der Waals surface area contributed by atoms with Crippen LogP contribution in [0.3, 0.4) is 0 Å². The fourth-order valence-electron chi connectivity index (χ4n) is 3.17. The number of thiazole rings is 1. The van der Waals surface area contributed by atoms with Gasteiger partial charge < -0.3 is 0 Å². The van der Waals surface area contributed by atoms with Crippen molar-refractivity contribution in [3.05, 3.63) is 58.6 Å². The fraction of sp³-hybridized carbons (Fsp3) is 0.300. The van der Waals surface area contributed by atoms with Crippen LogP contribution in [0.2, 0.25) is 0 Å². The van der Waals surface area contributed by atoms with Crippen LogP contribution in [-0.4, -0.2) is 36.3 Å². The maximum Gasteiger partial charge on any atom is 0.199 e. The smallest absolute Gasteiger partial charge is 0.199 e. The first kappa shape index (κ1) is 18.9. The lowest BCUT2D eigenvalue weighted by molar-refractivity contribution is 0.243. The van der Waals surface area contributed by atoms with Crippen LogP contribution in [0.1, 0.15) is 18.4 Å². The maximum atomic E-state index is 5.72. The highest BCUT2D eigenvalue weighted by Crippen LogP contribution is 2.23. The lowest BCUT2D eigenvalue weighted by Crippen LogP contribution is -2.22. The Bertz CT molecular complexity index is 1100. The van der Waals surface area contributed by atoms with Gasteiger partial charge in [-0.1, -0.05) is 19.1 Å². The molecule has 3 aromatic heterocycles. The summed E-state index contributed by atoms with van der Waals surface area (Å²) in [5.41, 5.74) is 2.09. The van der Waals surface area contributed by atoms with E-state index in [1.807, 2.05) is 28.9 Å². The molecule has 0 saturated heterocycles. The van der Waals surface area contributed by atoms with Gasteiger partial charge in [-0.05, 0) is 50.0 Å². The molecule has 144 valence electrons. The van der Waals surface area contributed by atoms with Crippen molar-refractivity contribution < 1.29 is 0 Å². The Morgan fingerprint density at radius 3 is 2.68 bits per heavy atom. The van der Waals surface area contributed by atoms with Gasteiger partial charge in [0.05, 0.1) is 23.4 Å². The lowest BCUT2D eigenvalue weighted by atomic mass is 10.2. The molecule has 8 heteroatoms.